The molecule has 0 heterocycles. The van der Waals surface area contributed by atoms with Crippen LogP contribution in [-0.2, 0) is 0 Å². The molecule has 3 nitrogen and oxygen atoms in total. The lowest BCUT2D eigenvalue weighted by Gasteiger charge is -2.29. The molecule has 1 rings (SSSR count). The standard InChI is InChI=1S/C16H25BrO3/c1-10(16(2,3)4)7-13(18)11-8-14(19-5)15(20-6)9-12(11)17/h8-10,13,18H,7H2,1-6H3. The first-order valence-electron chi connectivity index (χ1n) is 6.80. The quantitative estimate of drug-likeness (QED) is 0.849. The Morgan fingerprint density at radius 2 is 1.65 bits per heavy atom. The number of methoxy groups -OCH3 is 2. The number of aliphatic hydroxyl groups excluding tert-OH is 1. The van der Waals surface area contributed by atoms with Gasteiger partial charge in [-0.15, -0.1) is 0 Å². The van der Waals surface area contributed by atoms with E-state index < -0.39 is 6.10 Å². The Labute approximate surface area is 130 Å². The lowest BCUT2D eigenvalue weighted by molar-refractivity contribution is 0.110. The summed E-state index contributed by atoms with van der Waals surface area (Å²) < 4.78 is 11.4. The molecule has 0 aromatic heterocycles. The van der Waals surface area contributed by atoms with E-state index in [0.717, 1.165) is 10.0 Å². The van der Waals surface area contributed by atoms with Gasteiger partial charge in [-0.05, 0) is 35.4 Å². The predicted octanol–water partition coefficient (Wildman–Crippen LogP) is 4.57. The summed E-state index contributed by atoms with van der Waals surface area (Å²) in [6.07, 6.45) is 0.177. The van der Waals surface area contributed by atoms with Crippen molar-refractivity contribution in [3.8, 4) is 11.5 Å². The lowest BCUT2D eigenvalue weighted by Crippen LogP contribution is -2.20. The first-order valence-corrected chi connectivity index (χ1v) is 7.59. The fraction of sp³-hybridized carbons (Fsp3) is 0.625. The third-order valence-corrected chi connectivity index (χ3v) is 4.60. The molecule has 1 aromatic rings. The summed E-state index contributed by atoms with van der Waals surface area (Å²) in [5.74, 6) is 1.69. The Hall–Kier alpha value is -0.740. The van der Waals surface area contributed by atoms with Gasteiger partial charge in [0.25, 0.3) is 0 Å². The molecule has 0 bridgehead atoms. The van der Waals surface area contributed by atoms with Gasteiger partial charge in [0.15, 0.2) is 11.5 Å². The molecular weight excluding hydrogens is 320 g/mol. The molecule has 0 spiro atoms. The number of benzene rings is 1. The Morgan fingerprint density at radius 3 is 2.10 bits per heavy atom. The molecule has 0 aliphatic rings. The molecule has 1 N–H and O–H groups in total. The van der Waals surface area contributed by atoms with Crippen LogP contribution in [0.2, 0.25) is 0 Å². The molecule has 114 valence electrons. The van der Waals surface area contributed by atoms with E-state index in [-0.39, 0.29) is 5.41 Å². The summed E-state index contributed by atoms with van der Waals surface area (Å²) >= 11 is 3.50. The maximum Gasteiger partial charge on any atom is 0.161 e. The van der Waals surface area contributed by atoms with E-state index in [4.69, 9.17) is 9.47 Å². The molecular formula is C16H25BrO3. The van der Waals surface area contributed by atoms with Crippen molar-refractivity contribution >= 4 is 15.9 Å². The minimum Gasteiger partial charge on any atom is -0.493 e. The van der Waals surface area contributed by atoms with Crippen molar-refractivity contribution < 1.29 is 14.6 Å². The van der Waals surface area contributed by atoms with Gasteiger partial charge >= 0.3 is 0 Å². The minimum atomic E-state index is -0.529. The molecule has 0 aliphatic carbocycles. The summed E-state index contributed by atoms with van der Waals surface area (Å²) in [5, 5.41) is 10.5. The highest BCUT2D eigenvalue weighted by molar-refractivity contribution is 9.10. The van der Waals surface area contributed by atoms with Gasteiger partial charge in [-0.3, -0.25) is 0 Å². The van der Waals surface area contributed by atoms with E-state index in [9.17, 15) is 5.11 Å². The maximum absolute atomic E-state index is 10.5. The van der Waals surface area contributed by atoms with Crippen LogP contribution in [0.1, 0.15) is 45.8 Å². The number of ether oxygens (including phenoxy) is 2. The first kappa shape index (κ1) is 17.3. The zero-order chi connectivity index (χ0) is 15.5. The fourth-order valence-electron chi connectivity index (χ4n) is 1.94. The molecule has 4 heteroatoms. The number of hydrogen-bond donors (Lipinski definition) is 1. The van der Waals surface area contributed by atoms with E-state index in [2.05, 4.69) is 43.6 Å². The third-order valence-electron chi connectivity index (χ3n) is 3.92. The van der Waals surface area contributed by atoms with Crippen LogP contribution >= 0.6 is 15.9 Å². The third kappa shape index (κ3) is 4.13. The second-order valence-corrected chi connectivity index (χ2v) is 7.10. The SMILES string of the molecule is COc1cc(Br)c(C(O)CC(C)C(C)(C)C)cc1OC. The average Bonchev–Trinajstić information content (AvgIpc) is 2.36. The topological polar surface area (TPSA) is 38.7 Å². The summed E-state index contributed by atoms with van der Waals surface area (Å²) in [6, 6.07) is 3.67. The van der Waals surface area contributed by atoms with Crippen LogP contribution in [0.4, 0.5) is 0 Å². The van der Waals surface area contributed by atoms with Crippen LogP contribution in [0.5, 0.6) is 11.5 Å². The van der Waals surface area contributed by atoms with Crippen LogP contribution in [-0.4, -0.2) is 19.3 Å². The highest BCUT2D eigenvalue weighted by Crippen LogP contribution is 2.39. The van der Waals surface area contributed by atoms with E-state index in [1.807, 2.05) is 12.1 Å². The number of halogens is 1. The van der Waals surface area contributed by atoms with Gasteiger partial charge in [0.2, 0.25) is 0 Å². The van der Waals surface area contributed by atoms with Gasteiger partial charge in [-0.2, -0.15) is 0 Å². The van der Waals surface area contributed by atoms with Crippen molar-refractivity contribution in [3.63, 3.8) is 0 Å². The van der Waals surface area contributed by atoms with Crippen molar-refractivity contribution in [2.45, 2.75) is 40.2 Å². The number of aliphatic hydroxyl groups is 1. The molecule has 0 aliphatic heterocycles. The summed E-state index contributed by atoms with van der Waals surface area (Å²) in [6.45, 7) is 8.73. The second kappa shape index (κ2) is 6.81. The van der Waals surface area contributed by atoms with Gasteiger partial charge in [0, 0.05) is 4.47 Å². The summed E-state index contributed by atoms with van der Waals surface area (Å²) in [4.78, 5) is 0. The van der Waals surface area contributed by atoms with Gasteiger partial charge in [-0.1, -0.05) is 43.6 Å². The van der Waals surface area contributed by atoms with Crippen molar-refractivity contribution in [1.82, 2.24) is 0 Å². The van der Waals surface area contributed by atoms with Crippen LogP contribution in [0.25, 0.3) is 0 Å². The van der Waals surface area contributed by atoms with E-state index in [0.29, 0.717) is 23.8 Å². The number of hydrogen-bond acceptors (Lipinski definition) is 3. The molecule has 20 heavy (non-hydrogen) atoms. The Kier molecular flexibility index (Phi) is 5.90. The van der Waals surface area contributed by atoms with Gasteiger partial charge < -0.3 is 14.6 Å². The van der Waals surface area contributed by atoms with Crippen LogP contribution in [0, 0.1) is 11.3 Å². The predicted molar refractivity (Wildman–Crippen MR) is 85.4 cm³/mol. The van der Waals surface area contributed by atoms with Crippen molar-refractivity contribution in [2.75, 3.05) is 14.2 Å². The zero-order valence-corrected chi connectivity index (χ0v) is 14.7. The average molecular weight is 345 g/mol. The first-order chi connectivity index (χ1) is 9.20. The molecule has 0 saturated carbocycles. The normalized spacial score (nSPS) is 14.8. The maximum atomic E-state index is 10.5. The summed E-state index contributed by atoms with van der Waals surface area (Å²) in [5.41, 5.74) is 1.00. The lowest BCUT2D eigenvalue weighted by atomic mass is 9.78. The van der Waals surface area contributed by atoms with Crippen molar-refractivity contribution in [3.05, 3.63) is 22.2 Å². The summed E-state index contributed by atoms with van der Waals surface area (Å²) in [7, 11) is 3.20. The van der Waals surface area contributed by atoms with Crippen LogP contribution in [0.3, 0.4) is 0 Å². The van der Waals surface area contributed by atoms with Gasteiger partial charge in [0.05, 0.1) is 20.3 Å². The van der Waals surface area contributed by atoms with Gasteiger partial charge in [-0.25, -0.2) is 0 Å². The van der Waals surface area contributed by atoms with Crippen molar-refractivity contribution in [2.24, 2.45) is 11.3 Å². The van der Waals surface area contributed by atoms with E-state index in [1.54, 1.807) is 14.2 Å². The minimum absolute atomic E-state index is 0.171. The molecule has 2 atom stereocenters. The molecule has 0 amide bonds. The molecule has 0 saturated heterocycles. The Bertz CT molecular complexity index is 452. The largest absolute Gasteiger partial charge is 0.493 e. The van der Waals surface area contributed by atoms with Gasteiger partial charge in [0.1, 0.15) is 0 Å². The second-order valence-electron chi connectivity index (χ2n) is 6.25. The monoisotopic (exact) mass is 344 g/mol. The van der Waals surface area contributed by atoms with Crippen LogP contribution in [0.15, 0.2) is 16.6 Å². The van der Waals surface area contributed by atoms with Crippen molar-refractivity contribution in [1.29, 1.82) is 0 Å². The zero-order valence-electron chi connectivity index (χ0n) is 13.2. The highest BCUT2D eigenvalue weighted by atomic mass is 79.9. The molecule has 2 unspecified atom stereocenters. The van der Waals surface area contributed by atoms with E-state index in [1.165, 1.54) is 0 Å². The molecule has 0 fully saturated rings. The Morgan fingerprint density at radius 1 is 1.15 bits per heavy atom. The smallest absolute Gasteiger partial charge is 0.161 e. The Balaban J connectivity index is 3.01. The van der Waals surface area contributed by atoms with Crippen LogP contribution < -0.4 is 9.47 Å². The molecule has 0 radical (unpaired) electrons. The fourth-order valence-corrected chi connectivity index (χ4v) is 2.53. The highest BCUT2D eigenvalue weighted by Gasteiger charge is 2.25. The van der Waals surface area contributed by atoms with E-state index >= 15 is 0 Å². The molecule has 1 aromatic carbocycles. The number of rotatable bonds is 5.